The van der Waals surface area contributed by atoms with Gasteiger partial charge in [-0.1, -0.05) is 0 Å². The molecule has 1 aromatic carbocycles. The molecule has 2 nitrogen and oxygen atoms in total. The molecular formula is C18H22N2. The van der Waals surface area contributed by atoms with Crippen LogP contribution in [0, 0.1) is 40.9 Å². The number of hydrogen-bond acceptors (Lipinski definition) is 2. The molecule has 4 saturated carbocycles. The molecule has 104 valence electrons. The first-order valence-electron chi connectivity index (χ1n) is 8.06. The Morgan fingerprint density at radius 1 is 0.950 bits per heavy atom. The quantitative estimate of drug-likeness (QED) is 0.896. The average Bonchev–Trinajstić information content (AvgIpc) is 2.46. The Balaban J connectivity index is 1.41. The maximum atomic E-state index is 8.83. The second kappa shape index (κ2) is 4.81. The van der Waals surface area contributed by atoms with Crippen LogP contribution in [0.5, 0.6) is 0 Å². The fourth-order valence-electron chi connectivity index (χ4n) is 5.27. The third-order valence-electron chi connectivity index (χ3n) is 5.98. The predicted octanol–water partition coefficient (Wildman–Crippen LogP) is 4.04. The third kappa shape index (κ3) is 2.10. The van der Waals surface area contributed by atoms with Crippen LogP contribution in [0.2, 0.25) is 0 Å². The summed E-state index contributed by atoms with van der Waals surface area (Å²) < 4.78 is 0. The summed E-state index contributed by atoms with van der Waals surface area (Å²) in [6.07, 6.45) is 7.50. The molecule has 20 heavy (non-hydrogen) atoms. The van der Waals surface area contributed by atoms with Crippen LogP contribution in [0.25, 0.3) is 0 Å². The smallest absolute Gasteiger partial charge is 0.0991 e. The first-order chi connectivity index (χ1) is 9.81. The molecule has 0 aromatic heterocycles. The van der Waals surface area contributed by atoms with E-state index in [1.807, 2.05) is 24.3 Å². The highest BCUT2D eigenvalue weighted by molar-refractivity contribution is 5.47. The zero-order valence-corrected chi connectivity index (χ0v) is 11.9. The van der Waals surface area contributed by atoms with Crippen LogP contribution >= 0.6 is 0 Å². The van der Waals surface area contributed by atoms with Gasteiger partial charge in [-0.05, 0) is 86.0 Å². The van der Waals surface area contributed by atoms with E-state index in [9.17, 15) is 0 Å². The fourth-order valence-corrected chi connectivity index (χ4v) is 5.27. The first kappa shape index (κ1) is 12.3. The minimum absolute atomic E-state index is 0.741. The predicted molar refractivity (Wildman–Crippen MR) is 80.2 cm³/mol. The molecule has 4 fully saturated rings. The van der Waals surface area contributed by atoms with Gasteiger partial charge in [-0.25, -0.2) is 0 Å². The third-order valence-corrected chi connectivity index (χ3v) is 5.98. The van der Waals surface area contributed by atoms with Crippen LogP contribution < -0.4 is 5.32 Å². The van der Waals surface area contributed by atoms with Crippen molar-refractivity contribution in [1.29, 1.82) is 5.26 Å². The summed E-state index contributed by atoms with van der Waals surface area (Å²) in [7, 11) is 0. The van der Waals surface area contributed by atoms with Crippen LogP contribution in [-0.4, -0.2) is 6.54 Å². The molecule has 0 amide bonds. The number of hydrogen-bond donors (Lipinski definition) is 1. The lowest BCUT2D eigenvalue weighted by molar-refractivity contribution is -0.0305. The molecule has 0 heterocycles. The van der Waals surface area contributed by atoms with Gasteiger partial charge >= 0.3 is 0 Å². The van der Waals surface area contributed by atoms with E-state index in [1.165, 1.54) is 32.1 Å². The fraction of sp³-hybridized carbons (Fsp3) is 0.611. The van der Waals surface area contributed by atoms with Crippen LogP contribution in [0.3, 0.4) is 0 Å². The molecule has 5 rings (SSSR count). The Hall–Kier alpha value is -1.49. The van der Waals surface area contributed by atoms with Gasteiger partial charge in [-0.2, -0.15) is 5.26 Å². The minimum atomic E-state index is 0.741. The van der Waals surface area contributed by atoms with E-state index in [0.29, 0.717) is 0 Å². The summed E-state index contributed by atoms with van der Waals surface area (Å²) in [6, 6.07) is 10.1. The van der Waals surface area contributed by atoms with Crippen LogP contribution in [-0.2, 0) is 0 Å². The Morgan fingerprint density at radius 3 is 2.10 bits per heavy atom. The summed E-state index contributed by atoms with van der Waals surface area (Å²) in [5, 5.41) is 12.4. The number of benzene rings is 1. The van der Waals surface area contributed by atoms with E-state index in [2.05, 4.69) is 11.4 Å². The van der Waals surface area contributed by atoms with Gasteiger partial charge in [0.2, 0.25) is 0 Å². The first-order valence-corrected chi connectivity index (χ1v) is 8.06. The molecule has 0 spiro atoms. The second-order valence-corrected chi connectivity index (χ2v) is 7.16. The lowest BCUT2D eigenvalue weighted by Crippen LogP contribution is -2.47. The van der Waals surface area contributed by atoms with Crippen molar-refractivity contribution in [1.82, 2.24) is 0 Å². The van der Waals surface area contributed by atoms with Gasteiger partial charge in [-0.3, -0.25) is 0 Å². The molecular weight excluding hydrogens is 244 g/mol. The molecule has 0 aliphatic heterocycles. The van der Waals surface area contributed by atoms with Crippen molar-refractivity contribution in [3.63, 3.8) is 0 Å². The largest absolute Gasteiger partial charge is 0.385 e. The summed E-state index contributed by atoms with van der Waals surface area (Å²) in [4.78, 5) is 0. The molecule has 1 aromatic rings. The molecule has 0 unspecified atom stereocenters. The highest BCUT2D eigenvalue weighted by Crippen LogP contribution is 2.56. The van der Waals surface area contributed by atoms with E-state index < -0.39 is 0 Å². The molecule has 2 heteroatoms. The molecule has 4 aliphatic rings. The number of nitriles is 1. The topological polar surface area (TPSA) is 35.8 Å². The van der Waals surface area contributed by atoms with E-state index >= 15 is 0 Å². The van der Waals surface area contributed by atoms with Crippen molar-refractivity contribution >= 4 is 5.69 Å². The van der Waals surface area contributed by atoms with Crippen molar-refractivity contribution in [2.24, 2.45) is 29.6 Å². The average molecular weight is 266 g/mol. The summed E-state index contributed by atoms with van der Waals surface area (Å²) in [5.74, 6) is 4.97. The Kier molecular flexibility index (Phi) is 2.95. The molecule has 4 bridgehead atoms. The van der Waals surface area contributed by atoms with Crippen LogP contribution in [0.1, 0.15) is 37.7 Å². The maximum absolute atomic E-state index is 8.83. The molecule has 0 saturated heterocycles. The number of nitrogens with zero attached hydrogens (tertiary/aromatic N) is 1. The normalized spacial score (nSPS) is 37.6. The zero-order chi connectivity index (χ0) is 13.5. The second-order valence-electron chi connectivity index (χ2n) is 7.16. The molecule has 0 radical (unpaired) electrons. The summed E-state index contributed by atoms with van der Waals surface area (Å²) in [5.41, 5.74) is 1.91. The zero-order valence-electron chi connectivity index (χ0n) is 11.9. The van der Waals surface area contributed by atoms with Crippen LogP contribution in [0.4, 0.5) is 5.69 Å². The lowest BCUT2D eigenvalue weighted by Gasteiger charge is -2.54. The standard InChI is InChI=1S/C18H22N2/c19-10-12-1-3-17(4-2-12)20-11-18-15-6-13-5-14(8-15)9-16(18)7-13/h1-4,13-16,18,20H,5-9,11H2. The van der Waals surface area contributed by atoms with Crippen molar-refractivity contribution in [2.45, 2.75) is 32.1 Å². The summed E-state index contributed by atoms with van der Waals surface area (Å²) >= 11 is 0. The van der Waals surface area contributed by atoms with Gasteiger partial charge in [0.05, 0.1) is 11.6 Å². The van der Waals surface area contributed by atoms with Gasteiger partial charge in [0.15, 0.2) is 0 Å². The molecule has 1 N–H and O–H groups in total. The van der Waals surface area contributed by atoms with Gasteiger partial charge < -0.3 is 5.32 Å². The van der Waals surface area contributed by atoms with Crippen molar-refractivity contribution < 1.29 is 0 Å². The van der Waals surface area contributed by atoms with E-state index in [1.54, 1.807) is 0 Å². The van der Waals surface area contributed by atoms with Gasteiger partial charge in [0.25, 0.3) is 0 Å². The number of rotatable bonds is 3. The molecule has 0 atom stereocenters. The van der Waals surface area contributed by atoms with Crippen LogP contribution in [0.15, 0.2) is 24.3 Å². The highest BCUT2D eigenvalue weighted by atomic mass is 14.9. The SMILES string of the molecule is N#Cc1ccc(NCC2C3CC4CC(C3)CC2C4)cc1. The van der Waals surface area contributed by atoms with Gasteiger partial charge in [-0.15, -0.1) is 0 Å². The van der Waals surface area contributed by atoms with Gasteiger partial charge in [0, 0.05) is 12.2 Å². The lowest BCUT2D eigenvalue weighted by atomic mass is 9.52. The van der Waals surface area contributed by atoms with E-state index in [-0.39, 0.29) is 0 Å². The summed E-state index contributed by atoms with van der Waals surface area (Å²) in [6.45, 7) is 1.13. The highest BCUT2D eigenvalue weighted by Gasteiger charge is 2.47. The van der Waals surface area contributed by atoms with Crippen molar-refractivity contribution in [2.75, 3.05) is 11.9 Å². The van der Waals surface area contributed by atoms with Crippen molar-refractivity contribution in [3.05, 3.63) is 29.8 Å². The number of nitrogens with one attached hydrogen (secondary N) is 1. The maximum Gasteiger partial charge on any atom is 0.0991 e. The Labute approximate surface area is 121 Å². The Bertz CT molecular complexity index is 497. The van der Waals surface area contributed by atoms with E-state index in [4.69, 9.17) is 5.26 Å². The van der Waals surface area contributed by atoms with Crippen molar-refractivity contribution in [3.8, 4) is 6.07 Å². The van der Waals surface area contributed by atoms with Gasteiger partial charge in [0.1, 0.15) is 0 Å². The van der Waals surface area contributed by atoms with E-state index in [0.717, 1.165) is 47.4 Å². The minimum Gasteiger partial charge on any atom is -0.385 e. The Morgan fingerprint density at radius 2 is 1.55 bits per heavy atom. The molecule has 4 aliphatic carbocycles. The monoisotopic (exact) mass is 266 g/mol. The number of anilines is 1.